The van der Waals surface area contributed by atoms with Gasteiger partial charge in [-0.3, -0.25) is 14.5 Å². The maximum Gasteiger partial charge on any atom is 0.270 e. The summed E-state index contributed by atoms with van der Waals surface area (Å²) in [6.07, 6.45) is 4.46. The van der Waals surface area contributed by atoms with Crippen LogP contribution < -0.4 is 15.4 Å². The molecule has 2 amide bonds. The number of aromatic nitrogens is 3. The smallest absolute Gasteiger partial charge is 0.270 e. The second-order valence-corrected chi connectivity index (χ2v) is 9.59. The predicted octanol–water partition coefficient (Wildman–Crippen LogP) is 0.835. The number of hydrogen-bond acceptors (Lipinski definition) is 10. The number of fused-ring (bicyclic) bond motifs is 1. The van der Waals surface area contributed by atoms with E-state index in [9.17, 15) is 14.7 Å². The van der Waals surface area contributed by atoms with Gasteiger partial charge in [0.05, 0.1) is 18.3 Å². The number of nitrogens with one attached hydrogen (secondary N) is 2. The molecule has 200 valence electrons. The number of benzene rings is 1. The van der Waals surface area contributed by atoms with Gasteiger partial charge in [-0.15, -0.1) is 0 Å². The number of β-amino-alcohol motifs (C(OH)–C–C–N with tert-alkyl or cyclic N) is 1. The third-order valence-corrected chi connectivity index (χ3v) is 6.68. The van der Waals surface area contributed by atoms with Crippen LogP contribution in [0.2, 0.25) is 0 Å². The zero-order chi connectivity index (χ0) is 26.5. The number of aliphatic hydroxyl groups excluding tert-OH is 1. The van der Waals surface area contributed by atoms with E-state index in [0.717, 1.165) is 18.7 Å². The highest BCUT2D eigenvalue weighted by molar-refractivity contribution is 5.92. The monoisotopic (exact) mass is 521 g/mol. The second-order valence-electron chi connectivity index (χ2n) is 9.59. The fourth-order valence-corrected chi connectivity index (χ4v) is 4.56. The van der Waals surface area contributed by atoms with Crippen molar-refractivity contribution in [3.05, 3.63) is 65.8 Å². The Morgan fingerprint density at radius 2 is 2.11 bits per heavy atom. The normalized spacial score (nSPS) is 16.3. The number of likely N-dealkylation sites (tertiary alicyclic amines) is 1. The molecule has 4 heterocycles. The van der Waals surface area contributed by atoms with E-state index in [2.05, 4.69) is 36.6 Å². The Hall–Kier alpha value is -4.03. The zero-order valence-corrected chi connectivity index (χ0v) is 21.2. The van der Waals surface area contributed by atoms with Gasteiger partial charge in [0.25, 0.3) is 5.91 Å². The van der Waals surface area contributed by atoms with Gasteiger partial charge in [-0.05, 0) is 29.7 Å². The second kappa shape index (κ2) is 11.6. The van der Waals surface area contributed by atoms with Crippen molar-refractivity contribution in [2.24, 2.45) is 0 Å². The zero-order valence-electron chi connectivity index (χ0n) is 21.2. The number of anilines is 1. The van der Waals surface area contributed by atoms with Gasteiger partial charge in [0.15, 0.2) is 12.2 Å². The molecule has 12 heteroatoms. The first-order valence-corrected chi connectivity index (χ1v) is 12.6. The maximum absolute atomic E-state index is 12.6. The summed E-state index contributed by atoms with van der Waals surface area (Å²) in [5, 5.41) is 16.5. The lowest BCUT2D eigenvalue weighted by molar-refractivity contribution is -0.132. The minimum atomic E-state index is -0.725. The van der Waals surface area contributed by atoms with Gasteiger partial charge in [-0.25, -0.2) is 15.0 Å². The number of oxazole rings is 1. The average molecular weight is 522 g/mol. The Morgan fingerprint density at radius 1 is 1.24 bits per heavy atom. The molecule has 2 aromatic heterocycles. The molecule has 2 aliphatic rings. The summed E-state index contributed by atoms with van der Waals surface area (Å²) in [4.78, 5) is 39.9. The van der Waals surface area contributed by atoms with Crippen LogP contribution in [0, 0.1) is 0 Å². The Kier molecular flexibility index (Phi) is 7.80. The number of rotatable bonds is 10. The van der Waals surface area contributed by atoms with Crippen LogP contribution >= 0.6 is 0 Å². The molecule has 5 rings (SSSR count). The highest BCUT2D eigenvalue weighted by Gasteiger charge is 2.28. The third kappa shape index (κ3) is 6.45. The van der Waals surface area contributed by atoms with Crippen molar-refractivity contribution in [3.63, 3.8) is 0 Å². The van der Waals surface area contributed by atoms with E-state index < -0.39 is 6.10 Å². The molecular weight excluding hydrogens is 490 g/mol. The summed E-state index contributed by atoms with van der Waals surface area (Å²) < 4.78 is 11.0. The summed E-state index contributed by atoms with van der Waals surface area (Å²) in [5.41, 5.74) is 2.63. The molecule has 3 aromatic rings. The van der Waals surface area contributed by atoms with Crippen LogP contribution in [-0.2, 0) is 24.4 Å². The fourth-order valence-electron chi connectivity index (χ4n) is 4.56. The molecule has 0 saturated carbocycles. The molecule has 0 spiro atoms. The van der Waals surface area contributed by atoms with E-state index in [1.807, 2.05) is 12.1 Å². The van der Waals surface area contributed by atoms with Crippen molar-refractivity contribution in [2.45, 2.75) is 38.6 Å². The van der Waals surface area contributed by atoms with E-state index in [0.29, 0.717) is 44.4 Å². The molecule has 3 N–H and O–H groups in total. The van der Waals surface area contributed by atoms with E-state index in [1.165, 1.54) is 30.8 Å². The highest BCUT2D eigenvalue weighted by Crippen LogP contribution is 2.24. The predicted molar refractivity (Wildman–Crippen MR) is 136 cm³/mol. The van der Waals surface area contributed by atoms with Gasteiger partial charge in [0.1, 0.15) is 30.2 Å². The first kappa shape index (κ1) is 25.6. The molecule has 0 bridgehead atoms. The lowest BCUT2D eigenvalue weighted by atomic mass is 9.99. The number of ether oxygens (including phenoxy) is 1. The van der Waals surface area contributed by atoms with Crippen LogP contribution in [0.25, 0.3) is 0 Å². The topological polar surface area (TPSA) is 146 Å². The average Bonchev–Trinajstić information content (AvgIpc) is 3.41. The SMILES string of the molecule is CC(=O)N1CC(Nc2cc(C(=O)NCC(O)CN3CCc4cc(OCc5cnco5)ccc4C3)ncn2)C1. The van der Waals surface area contributed by atoms with Gasteiger partial charge < -0.3 is 29.8 Å². The van der Waals surface area contributed by atoms with Crippen molar-refractivity contribution in [1.82, 2.24) is 30.1 Å². The minimum Gasteiger partial charge on any atom is -0.486 e. The van der Waals surface area contributed by atoms with E-state index >= 15 is 0 Å². The Balaban J connectivity index is 1.05. The molecule has 0 aliphatic carbocycles. The molecule has 2 aliphatic heterocycles. The number of hydrogen-bond donors (Lipinski definition) is 3. The maximum atomic E-state index is 12.6. The van der Waals surface area contributed by atoms with Crippen molar-refractivity contribution in [1.29, 1.82) is 0 Å². The van der Waals surface area contributed by atoms with Crippen molar-refractivity contribution >= 4 is 17.6 Å². The lowest BCUT2D eigenvalue weighted by Gasteiger charge is -2.39. The van der Waals surface area contributed by atoms with Gasteiger partial charge in [0, 0.05) is 52.3 Å². The van der Waals surface area contributed by atoms with Crippen LogP contribution in [0.15, 0.2) is 47.6 Å². The number of nitrogens with zero attached hydrogens (tertiary/aromatic N) is 5. The number of carbonyl (C=O) groups is 2. The first-order chi connectivity index (χ1) is 18.4. The summed E-state index contributed by atoms with van der Waals surface area (Å²) >= 11 is 0. The van der Waals surface area contributed by atoms with Gasteiger partial charge in [-0.1, -0.05) is 6.07 Å². The van der Waals surface area contributed by atoms with Gasteiger partial charge in [0.2, 0.25) is 5.91 Å². The standard InChI is InChI=1S/C26H31N7O5/c1-17(34)33-11-20(12-33)31-25-7-24(29-15-30-25)26(36)28-8-21(35)13-32-5-4-18-6-22(3-2-19(18)10-32)37-14-23-9-27-16-38-23/h2-3,6-7,9,15-16,20-21,35H,4-5,8,10-14H2,1H3,(H,28,36)(H,29,30,31). The van der Waals surface area contributed by atoms with Crippen molar-refractivity contribution < 1.29 is 23.8 Å². The van der Waals surface area contributed by atoms with Crippen LogP contribution in [0.4, 0.5) is 5.82 Å². The van der Waals surface area contributed by atoms with Crippen LogP contribution in [0.1, 0.15) is 34.3 Å². The molecule has 1 fully saturated rings. The number of amides is 2. The quantitative estimate of drug-likeness (QED) is 0.351. The Labute approximate surface area is 220 Å². The molecular formula is C26H31N7O5. The summed E-state index contributed by atoms with van der Waals surface area (Å²) in [6, 6.07) is 7.70. The highest BCUT2D eigenvalue weighted by atomic mass is 16.5. The van der Waals surface area contributed by atoms with E-state index in [-0.39, 0.29) is 30.1 Å². The summed E-state index contributed by atoms with van der Waals surface area (Å²) in [6.45, 7) is 5.14. The first-order valence-electron chi connectivity index (χ1n) is 12.6. The summed E-state index contributed by atoms with van der Waals surface area (Å²) in [7, 11) is 0. The minimum absolute atomic E-state index is 0.0389. The van der Waals surface area contributed by atoms with Crippen molar-refractivity contribution in [2.75, 3.05) is 38.0 Å². The molecule has 1 unspecified atom stereocenters. The molecule has 0 radical (unpaired) electrons. The lowest BCUT2D eigenvalue weighted by Crippen LogP contribution is -2.56. The molecule has 1 saturated heterocycles. The Morgan fingerprint density at radius 3 is 2.89 bits per heavy atom. The third-order valence-electron chi connectivity index (χ3n) is 6.68. The van der Waals surface area contributed by atoms with Crippen LogP contribution in [0.5, 0.6) is 5.75 Å². The molecule has 38 heavy (non-hydrogen) atoms. The van der Waals surface area contributed by atoms with E-state index in [4.69, 9.17) is 9.15 Å². The van der Waals surface area contributed by atoms with Gasteiger partial charge >= 0.3 is 0 Å². The van der Waals surface area contributed by atoms with Gasteiger partial charge in [-0.2, -0.15) is 0 Å². The molecule has 12 nitrogen and oxygen atoms in total. The number of carbonyl (C=O) groups excluding carboxylic acids is 2. The van der Waals surface area contributed by atoms with Crippen LogP contribution in [0.3, 0.4) is 0 Å². The van der Waals surface area contributed by atoms with Crippen molar-refractivity contribution in [3.8, 4) is 5.75 Å². The van der Waals surface area contributed by atoms with Crippen LogP contribution in [-0.4, -0.2) is 86.5 Å². The summed E-state index contributed by atoms with van der Waals surface area (Å²) in [5.74, 6) is 1.64. The number of aliphatic hydroxyl groups is 1. The fraction of sp³-hybridized carbons (Fsp3) is 0.423. The largest absolute Gasteiger partial charge is 0.486 e. The molecule has 1 atom stereocenters. The molecule has 1 aromatic carbocycles. The van der Waals surface area contributed by atoms with E-state index in [1.54, 1.807) is 17.2 Å². The Bertz CT molecular complexity index is 1260.